The van der Waals surface area contributed by atoms with Gasteiger partial charge in [0.1, 0.15) is 24.1 Å². The SMILES string of the molecule is CC(C)(C)C[C@H]1N[C@@H](C(=O)C[C@@H]2CCN(CCF)C[C@@H]2F)[C@H](c2cccc(Cl)c2F)[C@@]12C(=O)Nc1cc(Cl)ccc12.O=C(O)C(F)(F)F.O=C(O)C(F)(F)F. The highest BCUT2D eigenvalue weighted by Gasteiger charge is 2.66. The van der Waals surface area contributed by atoms with Crippen molar-refractivity contribution in [2.75, 3.05) is 31.6 Å². The van der Waals surface area contributed by atoms with Crippen LogP contribution in [0, 0.1) is 17.2 Å². The number of nitrogens with zero attached hydrogens (tertiary/aromatic N) is 1. The van der Waals surface area contributed by atoms with Crippen LogP contribution < -0.4 is 10.6 Å². The summed E-state index contributed by atoms with van der Waals surface area (Å²) in [6, 6.07) is 8.22. The molecule has 6 atom stereocenters. The lowest BCUT2D eigenvalue weighted by molar-refractivity contribution is -0.193. The minimum Gasteiger partial charge on any atom is -0.475 e. The van der Waals surface area contributed by atoms with Gasteiger partial charge in [0.05, 0.1) is 11.1 Å². The number of amides is 1. The van der Waals surface area contributed by atoms with Crippen LogP contribution in [-0.4, -0.2) is 95.7 Å². The average Bonchev–Trinajstić information content (AvgIpc) is 3.52. The summed E-state index contributed by atoms with van der Waals surface area (Å²) in [5, 5.41) is 21.0. The van der Waals surface area contributed by atoms with Gasteiger partial charge in [-0.15, -0.1) is 0 Å². The van der Waals surface area contributed by atoms with Crippen molar-refractivity contribution in [3.8, 4) is 0 Å². The van der Waals surface area contributed by atoms with Gasteiger partial charge in [-0.2, -0.15) is 26.3 Å². The molecule has 2 aromatic carbocycles. The molecule has 3 aliphatic heterocycles. The number of aliphatic carboxylic acids is 2. The first kappa shape index (κ1) is 45.8. The number of rotatable bonds is 7. The van der Waals surface area contributed by atoms with E-state index < -0.39 is 72.3 Å². The van der Waals surface area contributed by atoms with E-state index in [2.05, 4.69) is 10.6 Å². The van der Waals surface area contributed by atoms with E-state index in [1.54, 1.807) is 35.2 Å². The summed E-state index contributed by atoms with van der Waals surface area (Å²) < 4.78 is 107. The Morgan fingerprint density at radius 2 is 1.56 bits per heavy atom. The van der Waals surface area contributed by atoms with E-state index in [-0.39, 0.29) is 47.2 Å². The predicted molar refractivity (Wildman–Crippen MR) is 183 cm³/mol. The minimum absolute atomic E-state index is 0.0689. The fourth-order valence-corrected chi connectivity index (χ4v) is 7.51. The molecule has 2 aromatic rings. The van der Waals surface area contributed by atoms with Crippen molar-refractivity contribution in [2.45, 2.75) is 82.0 Å². The van der Waals surface area contributed by atoms with Gasteiger partial charge in [-0.1, -0.05) is 62.2 Å². The zero-order valence-electron chi connectivity index (χ0n) is 29.4. The number of carboxylic acid groups (broad SMARTS) is 2. The van der Waals surface area contributed by atoms with E-state index in [4.69, 9.17) is 43.0 Å². The molecule has 0 aliphatic carbocycles. The monoisotopic (exact) mass is 837 g/mol. The van der Waals surface area contributed by atoms with E-state index in [9.17, 15) is 40.3 Å². The fraction of sp³-hybridized carbons (Fsp3) is 0.543. The second kappa shape index (κ2) is 17.7. The van der Waals surface area contributed by atoms with Crippen LogP contribution in [0.2, 0.25) is 10.0 Å². The molecule has 2 saturated heterocycles. The Bertz CT molecular complexity index is 1720. The number of fused-ring (bicyclic) bond motifs is 2. The third-order valence-corrected chi connectivity index (χ3v) is 9.92. The van der Waals surface area contributed by atoms with Crippen LogP contribution in [0.4, 0.5) is 45.2 Å². The lowest BCUT2D eigenvalue weighted by Crippen LogP contribution is -2.49. The first-order valence-electron chi connectivity index (χ1n) is 16.6. The Morgan fingerprint density at radius 1 is 0.982 bits per heavy atom. The van der Waals surface area contributed by atoms with E-state index in [0.717, 1.165) is 0 Å². The minimum atomic E-state index is -5.08. The number of likely N-dealkylation sites (tertiary alicyclic amines) is 1. The van der Waals surface area contributed by atoms with Crippen LogP contribution in [0.15, 0.2) is 36.4 Å². The molecule has 3 aliphatic rings. The highest BCUT2D eigenvalue weighted by Crippen LogP contribution is 2.57. The summed E-state index contributed by atoms with van der Waals surface area (Å²) in [5.74, 6) is -8.34. The number of carboxylic acids is 2. The summed E-state index contributed by atoms with van der Waals surface area (Å²) in [5.41, 5.74) is -0.294. The largest absolute Gasteiger partial charge is 0.490 e. The molecule has 1 amide bonds. The van der Waals surface area contributed by atoms with E-state index >= 15 is 8.78 Å². The fourth-order valence-electron chi connectivity index (χ4n) is 7.16. The van der Waals surface area contributed by atoms with Gasteiger partial charge in [0, 0.05) is 42.2 Å². The number of carbonyl (C=O) groups is 4. The van der Waals surface area contributed by atoms with Crippen molar-refractivity contribution in [3.05, 3.63) is 63.4 Å². The zero-order chi connectivity index (χ0) is 41.8. The van der Waals surface area contributed by atoms with Crippen LogP contribution in [0.1, 0.15) is 57.1 Å². The number of alkyl halides is 8. The topological polar surface area (TPSA) is 136 Å². The van der Waals surface area contributed by atoms with Gasteiger partial charge >= 0.3 is 24.3 Å². The first-order chi connectivity index (χ1) is 25.2. The highest BCUT2D eigenvalue weighted by atomic mass is 35.5. The number of hydrogen-bond donors (Lipinski definition) is 4. The van der Waals surface area contributed by atoms with Gasteiger partial charge in [0.15, 0.2) is 5.78 Å². The second-order valence-corrected chi connectivity index (χ2v) is 15.3. The van der Waals surface area contributed by atoms with Gasteiger partial charge in [0.2, 0.25) is 5.91 Å². The van der Waals surface area contributed by atoms with E-state index in [0.29, 0.717) is 35.7 Å². The van der Waals surface area contributed by atoms with Gasteiger partial charge < -0.3 is 20.8 Å². The molecule has 4 N–H and O–H groups in total. The molecule has 9 nitrogen and oxygen atoms in total. The smallest absolute Gasteiger partial charge is 0.475 e. The molecule has 3 heterocycles. The van der Waals surface area contributed by atoms with Crippen LogP contribution in [-0.2, 0) is 24.6 Å². The van der Waals surface area contributed by atoms with E-state index in [1.165, 1.54) is 6.07 Å². The Balaban J connectivity index is 0.000000494. The van der Waals surface area contributed by atoms with Crippen LogP contribution in [0.5, 0.6) is 0 Å². The summed E-state index contributed by atoms with van der Waals surface area (Å²) in [4.78, 5) is 47.9. The normalized spacial score (nSPS) is 25.3. The molecule has 0 unspecified atom stereocenters. The maximum Gasteiger partial charge on any atom is 0.490 e. The van der Waals surface area contributed by atoms with Crippen molar-refractivity contribution < 1.29 is 68.9 Å². The zero-order valence-corrected chi connectivity index (χ0v) is 30.9. The quantitative estimate of drug-likeness (QED) is 0.208. The molecule has 20 heteroatoms. The van der Waals surface area contributed by atoms with Gasteiger partial charge in [-0.3, -0.25) is 14.5 Å². The predicted octanol–water partition coefficient (Wildman–Crippen LogP) is 7.74. The number of piperidine rings is 1. The van der Waals surface area contributed by atoms with E-state index in [1.807, 2.05) is 20.8 Å². The Kier molecular flexibility index (Phi) is 14.7. The van der Waals surface area contributed by atoms with Crippen molar-refractivity contribution in [2.24, 2.45) is 11.3 Å². The van der Waals surface area contributed by atoms with Crippen LogP contribution in [0.25, 0.3) is 0 Å². The third-order valence-electron chi connectivity index (χ3n) is 9.39. The second-order valence-electron chi connectivity index (χ2n) is 14.4. The molecule has 1 spiro atoms. The van der Waals surface area contributed by atoms with Crippen LogP contribution in [0.3, 0.4) is 0 Å². The number of anilines is 1. The van der Waals surface area contributed by atoms with Crippen molar-refractivity contribution in [1.29, 1.82) is 0 Å². The maximum atomic E-state index is 15.9. The van der Waals surface area contributed by atoms with Gasteiger partial charge in [-0.05, 0) is 60.0 Å². The van der Waals surface area contributed by atoms with Crippen molar-refractivity contribution >= 4 is 52.5 Å². The molecule has 5 rings (SSSR count). The molecular weight excluding hydrogens is 800 g/mol. The number of carbonyl (C=O) groups excluding carboxylic acids is 2. The Labute approximate surface area is 319 Å². The lowest BCUT2D eigenvalue weighted by atomic mass is 9.62. The number of halogens is 11. The summed E-state index contributed by atoms with van der Waals surface area (Å²) in [6.45, 7) is 6.31. The number of benzene rings is 2. The number of hydrogen-bond acceptors (Lipinski definition) is 6. The Hall–Kier alpha value is -3.61. The lowest BCUT2D eigenvalue weighted by Gasteiger charge is -2.38. The molecular formula is C35H38Cl2F9N3O6. The standard InChI is InChI=1S/C31H36Cl2F3N3O2.2C2HF3O2/c1-30(2,3)15-25-31(20-8-7-18(32)14-23(20)37-29(31)41)26(19-5-4-6-21(33)27(19)36)28(38-25)24(40)13-17-9-11-39(12-10-34)16-22(17)35;2*3-2(4,5)1(6)7/h4-8,14,17,22,25-26,28,38H,9-13,15-16H2,1-3H3,(H,37,41);2*(H,6,7)/t17-,22-,25+,26-,28-,31-;;/m0../s1. The van der Waals surface area contributed by atoms with Gasteiger partial charge in [-0.25, -0.2) is 22.8 Å². The summed E-state index contributed by atoms with van der Waals surface area (Å²) in [7, 11) is 0. The molecule has 306 valence electrons. The van der Waals surface area contributed by atoms with Gasteiger partial charge in [0.25, 0.3) is 0 Å². The molecule has 2 fully saturated rings. The summed E-state index contributed by atoms with van der Waals surface area (Å²) in [6.07, 6.45) is -10.6. The number of ketones is 1. The Morgan fingerprint density at radius 3 is 2.07 bits per heavy atom. The maximum absolute atomic E-state index is 15.9. The molecule has 0 bridgehead atoms. The molecule has 55 heavy (non-hydrogen) atoms. The summed E-state index contributed by atoms with van der Waals surface area (Å²) >= 11 is 12.5. The molecule has 0 aromatic heterocycles. The van der Waals surface area contributed by atoms with Crippen molar-refractivity contribution in [3.63, 3.8) is 0 Å². The van der Waals surface area contributed by atoms with Crippen molar-refractivity contribution in [1.82, 2.24) is 10.2 Å². The highest BCUT2D eigenvalue weighted by molar-refractivity contribution is 6.31. The molecule has 0 saturated carbocycles. The van der Waals surface area contributed by atoms with Crippen LogP contribution >= 0.6 is 23.2 Å². The third kappa shape index (κ3) is 10.8. The first-order valence-corrected chi connectivity index (χ1v) is 17.4. The number of nitrogens with one attached hydrogen (secondary N) is 2. The number of Topliss-reactive ketones (excluding diaryl/α,β-unsaturated/α-hetero) is 1. The molecule has 0 radical (unpaired) electrons. The average molecular weight is 839 g/mol.